The van der Waals surface area contributed by atoms with Crippen molar-refractivity contribution < 1.29 is 14.3 Å². The van der Waals surface area contributed by atoms with Crippen molar-refractivity contribution in [1.29, 1.82) is 0 Å². The van der Waals surface area contributed by atoms with Crippen LogP contribution in [0.2, 0.25) is 0 Å². The number of carbonyl (C=O) groups is 1. The molecule has 1 saturated heterocycles. The summed E-state index contributed by atoms with van der Waals surface area (Å²) < 4.78 is 10.8. The van der Waals surface area contributed by atoms with Gasteiger partial charge in [0.1, 0.15) is 12.3 Å². The second kappa shape index (κ2) is 12.2. The number of ether oxygens (including phenoxy) is 2. The zero-order chi connectivity index (χ0) is 21.9. The molecule has 1 aliphatic rings. The Kier molecular flexibility index (Phi) is 9.63. The minimum Gasteiger partial charge on any atom is -0.497 e. The molecule has 0 aromatic heterocycles. The number of rotatable bonds is 9. The number of hydrogen-bond donors (Lipinski definition) is 2. The zero-order valence-corrected chi connectivity index (χ0v) is 18.6. The van der Waals surface area contributed by atoms with Gasteiger partial charge in [0.05, 0.1) is 26.4 Å². The monoisotopic (exact) mass is 417 g/mol. The van der Waals surface area contributed by atoms with Gasteiger partial charge in [0, 0.05) is 40.3 Å². The number of aliphatic imine (C=N–C) groups is 1. The standard InChI is InChI=1S/C22H35N5O3/c1-17(2)14-23-22(25-16-21(28)26(3)4)24-15-20(27-10-12-30-13-11-27)18-6-8-19(29-5)9-7-18/h6-9,20H,1,10-16H2,2-5H3,(H2,23,24,25). The molecule has 0 bridgehead atoms. The maximum absolute atomic E-state index is 12.0. The van der Waals surface area contributed by atoms with Crippen LogP contribution in [0.3, 0.4) is 0 Å². The van der Waals surface area contributed by atoms with Gasteiger partial charge in [-0.15, -0.1) is 0 Å². The molecule has 0 radical (unpaired) electrons. The van der Waals surface area contributed by atoms with Crippen LogP contribution in [0.25, 0.3) is 0 Å². The van der Waals surface area contributed by atoms with Gasteiger partial charge in [0.2, 0.25) is 5.91 Å². The van der Waals surface area contributed by atoms with E-state index in [1.165, 1.54) is 10.5 Å². The fourth-order valence-electron chi connectivity index (χ4n) is 3.06. The van der Waals surface area contributed by atoms with Gasteiger partial charge >= 0.3 is 0 Å². The highest BCUT2D eigenvalue weighted by Crippen LogP contribution is 2.23. The molecule has 30 heavy (non-hydrogen) atoms. The predicted octanol–water partition coefficient (Wildman–Crippen LogP) is 1.27. The molecule has 8 heteroatoms. The highest BCUT2D eigenvalue weighted by Gasteiger charge is 2.23. The Morgan fingerprint density at radius 2 is 1.93 bits per heavy atom. The van der Waals surface area contributed by atoms with Gasteiger partial charge in [0.15, 0.2) is 5.96 Å². The topological polar surface area (TPSA) is 78.4 Å². The van der Waals surface area contributed by atoms with Crippen LogP contribution in [0.5, 0.6) is 5.75 Å². The lowest BCUT2D eigenvalue weighted by Gasteiger charge is -2.35. The van der Waals surface area contributed by atoms with Gasteiger partial charge in [0.25, 0.3) is 0 Å². The number of nitrogens with zero attached hydrogens (tertiary/aromatic N) is 3. The molecule has 0 aliphatic carbocycles. The molecule has 1 amide bonds. The van der Waals surface area contributed by atoms with Crippen LogP contribution in [0, 0.1) is 0 Å². The fraction of sp³-hybridized carbons (Fsp3) is 0.545. The van der Waals surface area contributed by atoms with Gasteiger partial charge in [-0.05, 0) is 24.6 Å². The lowest BCUT2D eigenvalue weighted by molar-refractivity contribution is -0.127. The van der Waals surface area contributed by atoms with Crippen LogP contribution in [0.4, 0.5) is 0 Å². The third kappa shape index (κ3) is 7.68. The summed E-state index contributed by atoms with van der Waals surface area (Å²) in [5, 5.41) is 6.65. The third-order valence-corrected chi connectivity index (χ3v) is 4.88. The lowest BCUT2D eigenvalue weighted by Crippen LogP contribution is -2.46. The van der Waals surface area contributed by atoms with Crippen LogP contribution in [0.1, 0.15) is 18.5 Å². The van der Waals surface area contributed by atoms with Crippen molar-refractivity contribution in [1.82, 2.24) is 20.4 Å². The second-order valence-corrected chi connectivity index (χ2v) is 7.58. The van der Waals surface area contributed by atoms with Crippen LogP contribution < -0.4 is 15.4 Å². The van der Waals surface area contributed by atoms with E-state index in [0.29, 0.717) is 19.0 Å². The first kappa shape index (κ1) is 23.7. The molecule has 1 atom stereocenters. The number of morpholine rings is 1. The number of methoxy groups -OCH3 is 1. The Hall–Kier alpha value is -2.58. The van der Waals surface area contributed by atoms with E-state index in [1.807, 2.05) is 19.1 Å². The van der Waals surface area contributed by atoms with Gasteiger partial charge in [-0.1, -0.05) is 24.3 Å². The molecular weight excluding hydrogens is 382 g/mol. The van der Waals surface area contributed by atoms with Crippen molar-refractivity contribution in [3.63, 3.8) is 0 Å². The van der Waals surface area contributed by atoms with E-state index in [9.17, 15) is 4.79 Å². The smallest absolute Gasteiger partial charge is 0.243 e. The summed E-state index contributed by atoms with van der Waals surface area (Å²) in [4.78, 5) is 20.4. The number of amides is 1. The molecule has 1 fully saturated rings. The number of likely N-dealkylation sites (N-methyl/N-ethyl adjacent to an activating group) is 1. The maximum atomic E-state index is 12.0. The minimum atomic E-state index is -0.0497. The van der Waals surface area contributed by atoms with Crippen molar-refractivity contribution in [2.75, 3.05) is 67.1 Å². The molecule has 0 spiro atoms. The van der Waals surface area contributed by atoms with Gasteiger partial charge in [-0.25, -0.2) is 4.99 Å². The van der Waals surface area contributed by atoms with Gasteiger partial charge in [-0.3, -0.25) is 9.69 Å². The van der Waals surface area contributed by atoms with Crippen molar-refractivity contribution >= 4 is 11.9 Å². The first-order chi connectivity index (χ1) is 14.4. The molecule has 1 aromatic carbocycles. The lowest BCUT2D eigenvalue weighted by atomic mass is 10.0. The Bertz CT molecular complexity index is 712. The number of nitrogens with one attached hydrogen (secondary N) is 2. The van der Waals surface area contributed by atoms with Crippen molar-refractivity contribution in [2.24, 2.45) is 4.99 Å². The first-order valence-electron chi connectivity index (χ1n) is 10.2. The summed E-state index contributed by atoms with van der Waals surface area (Å²) in [6.07, 6.45) is 0. The summed E-state index contributed by atoms with van der Waals surface area (Å²) in [7, 11) is 5.12. The summed E-state index contributed by atoms with van der Waals surface area (Å²) in [5.41, 5.74) is 2.18. The molecule has 1 heterocycles. The normalized spacial score (nSPS) is 15.9. The molecule has 1 aliphatic heterocycles. The van der Waals surface area contributed by atoms with Crippen molar-refractivity contribution in [2.45, 2.75) is 13.0 Å². The van der Waals surface area contributed by atoms with E-state index in [0.717, 1.165) is 37.6 Å². The Morgan fingerprint density at radius 1 is 1.27 bits per heavy atom. The van der Waals surface area contributed by atoms with Crippen LogP contribution >= 0.6 is 0 Å². The summed E-state index contributed by atoms with van der Waals surface area (Å²) in [6, 6.07) is 8.28. The number of benzene rings is 1. The molecule has 1 aromatic rings. The first-order valence-corrected chi connectivity index (χ1v) is 10.2. The van der Waals surface area contributed by atoms with E-state index < -0.39 is 0 Å². The van der Waals surface area contributed by atoms with Gasteiger partial charge in [-0.2, -0.15) is 0 Å². The van der Waals surface area contributed by atoms with Gasteiger partial charge < -0.3 is 25.0 Å². The average molecular weight is 418 g/mol. The maximum Gasteiger partial charge on any atom is 0.243 e. The zero-order valence-electron chi connectivity index (χ0n) is 18.6. The Morgan fingerprint density at radius 3 is 2.50 bits per heavy atom. The van der Waals surface area contributed by atoms with E-state index in [4.69, 9.17) is 9.47 Å². The number of carbonyl (C=O) groups excluding carboxylic acids is 1. The SMILES string of the molecule is C=C(C)CNC(=NCC(=O)N(C)C)NCC(c1ccc(OC)cc1)N1CCOCC1. The molecule has 8 nitrogen and oxygen atoms in total. The summed E-state index contributed by atoms with van der Waals surface area (Å²) in [6.45, 7) is 10.4. The third-order valence-electron chi connectivity index (χ3n) is 4.88. The van der Waals surface area contributed by atoms with E-state index in [2.05, 4.69) is 39.2 Å². The largest absolute Gasteiger partial charge is 0.497 e. The quantitative estimate of drug-likeness (QED) is 0.358. The van der Waals surface area contributed by atoms with E-state index >= 15 is 0 Å². The average Bonchev–Trinajstić information content (AvgIpc) is 2.75. The van der Waals surface area contributed by atoms with Crippen molar-refractivity contribution in [3.05, 3.63) is 42.0 Å². The second-order valence-electron chi connectivity index (χ2n) is 7.58. The fourth-order valence-corrected chi connectivity index (χ4v) is 3.06. The van der Waals surface area contributed by atoms with Crippen LogP contribution in [-0.2, 0) is 9.53 Å². The van der Waals surface area contributed by atoms with Crippen molar-refractivity contribution in [3.8, 4) is 5.75 Å². The highest BCUT2D eigenvalue weighted by atomic mass is 16.5. The molecule has 1 unspecified atom stereocenters. The molecule has 166 valence electrons. The number of hydrogen-bond acceptors (Lipinski definition) is 5. The molecular formula is C22H35N5O3. The Balaban J connectivity index is 2.14. The molecule has 2 rings (SSSR count). The predicted molar refractivity (Wildman–Crippen MR) is 120 cm³/mol. The summed E-state index contributed by atoms with van der Waals surface area (Å²) >= 11 is 0. The minimum absolute atomic E-state index is 0.0497. The van der Waals surface area contributed by atoms with Crippen LogP contribution in [0.15, 0.2) is 41.4 Å². The highest BCUT2D eigenvalue weighted by molar-refractivity contribution is 5.84. The molecule has 2 N–H and O–H groups in total. The van der Waals surface area contributed by atoms with E-state index in [1.54, 1.807) is 21.2 Å². The Labute approximate surface area is 179 Å². The van der Waals surface area contributed by atoms with Crippen LogP contribution in [-0.4, -0.2) is 88.8 Å². The number of guanidine groups is 1. The molecule has 0 saturated carbocycles. The summed E-state index contributed by atoms with van der Waals surface area (Å²) in [5.74, 6) is 1.38. The van der Waals surface area contributed by atoms with E-state index in [-0.39, 0.29) is 18.5 Å².